The van der Waals surface area contributed by atoms with Crippen LogP contribution in [0.1, 0.15) is 57.3 Å². The molecule has 2 fully saturated rings. The summed E-state index contributed by atoms with van der Waals surface area (Å²) in [5, 5.41) is 12.6. The van der Waals surface area contributed by atoms with Gasteiger partial charge >= 0.3 is 6.09 Å². The van der Waals surface area contributed by atoms with Crippen molar-refractivity contribution in [2.24, 2.45) is 5.92 Å². The Kier molecular flexibility index (Phi) is 9.13. The minimum atomic E-state index is -1.05. The number of aliphatic hydroxyl groups is 1. The molecule has 9 heteroatoms. The van der Waals surface area contributed by atoms with Crippen LogP contribution < -0.4 is 10.1 Å². The monoisotopic (exact) mass is 489 g/mol. The van der Waals surface area contributed by atoms with Gasteiger partial charge in [-0.15, -0.1) is 0 Å². The van der Waals surface area contributed by atoms with Crippen molar-refractivity contribution < 1.29 is 29.0 Å². The highest BCUT2D eigenvalue weighted by Crippen LogP contribution is 2.32. The number of nitrogens with one attached hydrogen (secondary N) is 1. The second kappa shape index (κ2) is 11.9. The lowest BCUT2D eigenvalue weighted by molar-refractivity contribution is -0.137. The standard InChI is InChI=1S/C26H39N3O6/c1-18(30)22(27-25(33)35-26(2,3)4)24(32)29-15-13-28(14-16-29)12-5-17-34-21-10-8-20(9-11-21)23(31)19-6-7-19/h8-11,18-19,22,30H,5-7,12-17H2,1-4H3,(H,27,33)/t18-,22+/m0/s1. The summed E-state index contributed by atoms with van der Waals surface area (Å²) in [6.45, 7) is 10.6. The summed E-state index contributed by atoms with van der Waals surface area (Å²) in [6.07, 6.45) is 1.09. The van der Waals surface area contributed by atoms with Gasteiger partial charge in [0.1, 0.15) is 17.4 Å². The van der Waals surface area contributed by atoms with Crippen LogP contribution in [0.5, 0.6) is 5.75 Å². The van der Waals surface area contributed by atoms with E-state index in [0.717, 1.165) is 37.1 Å². The third kappa shape index (κ3) is 8.50. The molecular weight excluding hydrogens is 450 g/mol. The predicted octanol–water partition coefficient (Wildman–Crippen LogP) is 2.47. The van der Waals surface area contributed by atoms with Gasteiger partial charge in [0.15, 0.2) is 5.78 Å². The lowest BCUT2D eigenvalue weighted by Gasteiger charge is -2.37. The van der Waals surface area contributed by atoms with E-state index in [-0.39, 0.29) is 17.6 Å². The van der Waals surface area contributed by atoms with E-state index in [1.807, 2.05) is 24.3 Å². The number of rotatable bonds is 10. The number of hydrogen-bond acceptors (Lipinski definition) is 7. The Bertz CT molecular complexity index is 868. The van der Waals surface area contributed by atoms with Gasteiger partial charge in [-0.25, -0.2) is 4.79 Å². The average Bonchev–Trinajstić information content (AvgIpc) is 3.64. The molecule has 0 bridgehead atoms. The van der Waals surface area contributed by atoms with Crippen LogP contribution in [0.3, 0.4) is 0 Å². The molecule has 9 nitrogen and oxygen atoms in total. The molecule has 1 aliphatic carbocycles. The molecule has 194 valence electrons. The van der Waals surface area contributed by atoms with E-state index in [1.54, 1.807) is 25.7 Å². The van der Waals surface area contributed by atoms with E-state index in [9.17, 15) is 19.5 Å². The number of alkyl carbamates (subject to hydrolysis) is 1. The van der Waals surface area contributed by atoms with Crippen LogP contribution in [-0.2, 0) is 9.53 Å². The topological polar surface area (TPSA) is 108 Å². The minimum absolute atomic E-state index is 0.219. The zero-order valence-corrected chi connectivity index (χ0v) is 21.3. The molecule has 0 radical (unpaired) electrons. The van der Waals surface area contributed by atoms with Crippen molar-refractivity contribution in [3.63, 3.8) is 0 Å². The maximum atomic E-state index is 12.9. The molecule has 1 heterocycles. The zero-order chi connectivity index (χ0) is 25.6. The van der Waals surface area contributed by atoms with Crippen molar-refractivity contribution in [1.82, 2.24) is 15.1 Å². The second-order valence-electron chi connectivity index (χ2n) is 10.4. The quantitative estimate of drug-likeness (QED) is 0.384. The van der Waals surface area contributed by atoms with Crippen LogP contribution >= 0.6 is 0 Å². The Morgan fingerprint density at radius 3 is 2.26 bits per heavy atom. The summed E-state index contributed by atoms with van der Waals surface area (Å²) in [5.41, 5.74) is 0.0657. The first-order valence-electron chi connectivity index (χ1n) is 12.5. The fourth-order valence-corrected chi connectivity index (χ4v) is 3.99. The summed E-state index contributed by atoms with van der Waals surface area (Å²) >= 11 is 0. The third-order valence-corrected chi connectivity index (χ3v) is 6.08. The van der Waals surface area contributed by atoms with Crippen molar-refractivity contribution >= 4 is 17.8 Å². The molecule has 1 aromatic rings. The minimum Gasteiger partial charge on any atom is -0.494 e. The van der Waals surface area contributed by atoms with Crippen molar-refractivity contribution in [3.05, 3.63) is 29.8 Å². The summed E-state index contributed by atoms with van der Waals surface area (Å²) in [6, 6.07) is 6.33. The van der Waals surface area contributed by atoms with Crippen LogP contribution in [0.2, 0.25) is 0 Å². The first kappa shape index (κ1) is 26.9. The fourth-order valence-electron chi connectivity index (χ4n) is 3.99. The number of piperazine rings is 1. The Morgan fingerprint density at radius 1 is 1.09 bits per heavy atom. The van der Waals surface area contributed by atoms with Crippen molar-refractivity contribution in [2.45, 2.75) is 64.7 Å². The Labute approximate surface area is 207 Å². The summed E-state index contributed by atoms with van der Waals surface area (Å²) in [4.78, 5) is 41.0. The number of benzene rings is 1. The van der Waals surface area contributed by atoms with Gasteiger partial charge in [0.2, 0.25) is 5.91 Å². The molecule has 1 saturated heterocycles. The number of amides is 2. The van der Waals surface area contributed by atoms with Gasteiger partial charge in [0.25, 0.3) is 0 Å². The molecule has 35 heavy (non-hydrogen) atoms. The molecule has 2 atom stereocenters. The SMILES string of the molecule is C[C@H](O)[C@@H](NC(=O)OC(C)(C)C)C(=O)N1CCN(CCCOc2ccc(C(=O)C3CC3)cc2)CC1. The van der Waals surface area contributed by atoms with Gasteiger partial charge in [-0.1, -0.05) is 0 Å². The van der Waals surface area contributed by atoms with Crippen molar-refractivity contribution in [1.29, 1.82) is 0 Å². The molecule has 1 aliphatic heterocycles. The second-order valence-corrected chi connectivity index (χ2v) is 10.4. The van der Waals surface area contributed by atoms with Gasteiger partial charge in [0.05, 0.1) is 12.7 Å². The number of ketones is 1. The van der Waals surface area contributed by atoms with E-state index in [2.05, 4.69) is 10.2 Å². The highest BCUT2D eigenvalue weighted by molar-refractivity contribution is 5.99. The first-order chi connectivity index (χ1) is 16.5. The zero-order valence-electron chi connectivity index (χ0n) is 21.3. The van der Waals surface area contributed by atoms with Crippen LogP contribution in [0.15, 0.2) is 24.3 Å². The molecular formula is C26H39N3O6. The van der Waals surface area contributed by atoms with Gasteiger partial charge in [-0.2, -0.15) is 0 Å². The number of Topliss-reactive ketones (excluding diaryl/α,β-unsaturated/α-hetero) is 1. The first-order valence-corrected chi connectivity index (χ1v) is 12.5. The van der Waals surface area contributed by atoms with E-state index in [4.69, 9.17) is 9.47 Å². The molecule has 1 saturated carbocycles. The van der Waals surface area contributed by atoms with E-state index in [0.29, 0.717) is 32.8 Å². The van der Waals surface area contributed by atoms with E-state index >= 15 is 0 Å². The highest BCUT2D eigenvalue weighted by atomic mass is 16.6. The van der Waals surface area contributed by atoms with Crippen LogP contribution in [0.25, 0.3) is 0 Å². The largest absolute Gasteiger partial charge is 0.494 e. The number of nitrogens with zero attached hydrogens (tertiary/aromatic N) is 2. The highest BCUT2D eigenvalue weighted by Gasteiger charge is 2.33. The molecule has 0 unspecified atom stereocenters. The number of carbonyl (C=O) groups is 3. The molecule has 3 rings (SSSR count). The summed E-state index contributed by atoms with van der Waals surface area (Å²) in [7, 11) is 0. The number of aliphatic hydroxyl groups excluding tert-OH is 1. The lowest BCUT2D eigenvalue weighted by atomic mass is 10.1. The van der Waals surface area contributed by atoms with E-state index in [1.165, 1.54) is 6.92 Å². The van der Waals surface area contributed by atoms with Crippen LogP contribution in [-0.4, -0.2) is 89.8 Å². The lowest BCUT2D eigenvalue weighted by Crippen LogP contribution is -2.58. The fraction of sp³-hybridized carbons (Fsp3) is 0.654. The molecule has 0 aromatic heterocycles. The summed E-state index contributed by atoms with van der Waals surface area (Å²) in [5.74, 6) is 0.901. The van der Waals surface area contributed by atoms with E-state index < -0.39 is 23.8 Å². The van der Waals surface area contributed by atoms with Crippen molar-refractivity contribution in [2.75, 3.05) is 39.3 Å². The van der Waals surface area contributed by atoms with Gasteiger partial charge < -0.3 is 24.8 Å². The Morgan fingerprint density at radius 2 is 1.71 bits per heavy atom. The average molecular weight is 490 g/mol. The molecule has 1 aromatic carbocycles. The summed E-state index contributed by atoms with van der Waals surface area (Å²) < 4.78 is 11.0. The van der Waals surface area contributed by atoms with Gasteiger partial charge in [-0.05, 0) is 71.2 Å². The Balaban J connectivity index is 1.36. The van der Waals surface area contributed by atoms with Gasteiger partial charge in [-0.3, -0.25) is 14.5 Å². The molecule has 2 amide bonds. The number of hydrogen-bond donors (Lipinski definition) is 2. The maximum Gasteiger partial charge on any atom is 0.408 e. The number of carbonyl (C=O) groups excluding carboxylic acids is 3. The Hall–Kier alpha value is -2.65. The van der Waals surface area contributed by atoms with Crippen molar-refractivity contribution in [3.8, 4) is 5.75 Å². The third-order valence-electron chi connectivity index (χ3n) is 6.08. The molecule has 0 spiro atoms. The molecule has 2 N–H and O–H groups in total. The maximum absolute atomic E-state index is 12.9. The smallest absolute Gasteiger partial charge is 0.408 e. The van der Waals surface area contributed by atoms with Gasteiger partial charge in [0, 0.05) is 44.2 Å². The molecule has 2 aliphatic rings. The number of ether oxygens (including phenoxy) is 2. The normalized spacial score (nSPS) is 18.5. The van der Waals surface area contributed by atoms with Crippen LogP contribution in [0, 0.1) is 5.92 Å². The van der Waals surface area contributed by atoms with Crippen LogP contribution in [0.4, 0.5) is 4.79 Å². The predicted molar refractivity (Wildman–Crippen MR) is 131 cm³/mol.